The molecule has 0 spiro atoms. The maximum atomic E-state index is 9.77. The van der Waals surface area contributed by atoms with Crippen LogP contribution in [0, 0.1) is 0 Å². The molecule has 0 amide bonds. The van der Waals surface area contributed by atoms with Crippen molar-refractivity contribution in [1.82, 2.24) is 15.5 Å². The van der Waals surface area contributed by atoms with Gasteiger partial charge in [-0.2, -0.15) is 0 Å². The van der Waals surface area contributed by atoms with Gasteiger partial charge in [0.25, 0.3) is 0 Å². The lowest BCUT2D eigenvalue weighted by Gasteiger charge is -2.30. The van der Waals surface area contributed by atoms with Crippen molar-refractivity contribution in [3.8, 4) is 5.75 Å². The zero-order chi connectivity index (χ0) is 23.5. The molecule has 178 valence electrons. The molecule has 1 saturated heterocycles. The second kappa shape index (κ2) is 13.2. The van der Waals surface area contributed by atoms with Gasteiger partial charge in [0, 0.05) is 26.2 Å². The monoisotopic (exact) mass is 469 g/mol. The Balaban J connectivity index is 0.000000309. The normalized spacial score (nSPS) is 19.4. The summed E-state index contributed by atoms with van der Waals surface area (Å²) in [5.41, 5.74) is 1.34. The third-order valence-corrected chi connectivity index (χ3v) is 5.53. The summed E-state index contributed by atoms with van der Waals surface area (Å²) in [6.45, 7) is 5.09. The molecule has 0 radical (unpaired) electrons. The van der Waals surface area contributed by atoms with E-state index in [2.05, 4.69) is 33.7 Å². The molecular weight excluding hydrogens is 438 g/mol. The average Bonchev–Trinajstić information content (AvgIpc) is 2.79. The number of carboxylic acid groups (broad SMARTS) is 2. The molecule has 2 aliphatic rings. The number of aliphatic hydroxyl groups is 2. The molecule has 6 N–H and O–H groups in total. The minimum atomic E-state index is -2.27. The zero-order valence-electron chi connectivity index (χ0n) is 17.8. The second-order valence-electron chi connectivity index (χ2n) is 7.58. The lowest BCUT2D eigenvalue weighted by atomic mass is 10.0. The van der Waals surface area contributed by atoms with Gasteiger partial charge in [0.05, 0.1) is 0 Å². The number of thiocarbonyl (C=S) groups is 1. The van der Waals surface area contributed by atoms with Crippen LogP contribution in [0.2, 0.25) is 0 Å². The quantitative estimate of drug-likeness (QED) is 0.211. The Labute approximate surface area is 192 Å². The molecule has 1 aromatic rings. The van der Waals surface area contributed by atoms with E-state index in [1.165, 1.54) is 12.0 Å². The van der Waals surface area contributed by atoms with Crippen molar-refractivity contribution in [1.29, 1.82) is 0 Å². The summed E-state index contributed by atoms with van der Waals surface area (Å²) in [6, 6.07) is 8.37. The van der Waals surface area contributed by atoms with E-state index < -0.39 is 24.1 Å². The predicted octanol–water partition coefficient (Wildman–Crippen LogP) is -0.182. The fourth-order valence-electron chi connectivity index (χ4n) is 3.34. The lowest BCUT2D eigenvalue weighted by molar-refractivity contribution is -0.165. The molecule has 0 saturated carbocycles. The van der Waals surface area contributed by atoms with E-state index in [9.17, 15) is 9.59 Å². The molecule has 32 heavy (non-hydrogen) atoms. The van der Waals surface area contributed by atoms with Gasteiger partial charge in [0.15, 0.2) is 17.3 Å². The Hall–Kier alpha value is -2.47. The number of rotatable bonds is 9. The largest absolute Gasteiger partial charge is 0.489 e. The lowest BCUT2D eigenvalue weighted by Crippen LogP contribution is -2.47. The Morgan fingerprint density at radius 3 is 2.56 bits per heavy atom. The summed E-state index contributed by atoms with van der Waals surface area (Å²) in [4.78, 5) is 21.8. The number of para-hydroxylation sites is 1. The Kier molecular flexibility index (Phi) is 10.6. The van der Waals surface area contributed by atoms with Crippen molar-refractivity contribution in [2.45, 2.75) is 44.0 Å². The Morgan fingerprint density at radius 2 is 1.91 bits per heavy atom. The summed E-state index contributed by atoms with van der Waals surface area (Å²) in [7, 11) is 0. The van der Waals surface area contributed by atoms with Crippen LogP contribution in [0.4, 0.5) is 0 Å². The van der Waals surface area contributed by atoms with Gasteiger partial charge in [-0.3, -0.25) is 0 Å². The van der Waals surface area contributed by atoms with E-state index in [0.29, 0.717) is 6.10 Å². The summed E-state index contributed by atoms with van der Waals surface area (Å²) >= 11 is 5.32. The number of hydrogen-bond donors (Lipinski definition) is 6. The molecular formula is C21H31N3O7S. The van der Waals surface area contributed by atoms with Crippen LogP contribution in [0.25, 0.3) is 0 Å². The van der Waals surface area contributed by atoms with Crippen LogP contribution in [-0.2, 0) is 16.0 Å². The fraction of sp³-hybridized carbons (Fsp3) is 0.571. The summed E-state index contributed by atoms with van der Waals surface area (Å²) in [6.07, 6.45) is 0.289. The highest BCUT2D eigenvalue weighted by molar-refractivity contribution is 7.80. The number of nitrogens with zero attached hydrogens (tertiary/aromatic N) is 1. The van der Waals surface area contributed by atoms with E-state index >= 15 is 0 Å². The van der Waals surface area contributed by atoms with Gasteiger partial charge in [-0.25, -0.2) is 9.59 Å². The van der Waals surface area contributed by atoms with Crippen molar-refractivity contribution >= 4 is 29.3 Å². The second-order valence-corrected chi connectivity index (χ2v) is 7.97. The topological polar surface area (TPSA) is 152 Å². The van der Waals surface area contributed by atoms with Crippen LogP contribution < -0.4 is 15.4 Å². The number of aliphatic carboxylic acids is 2. The van der Waals surface area contributed by atoms with Gasteiger partial charge in [-0.1, -0.05) is 18.2 Å². The summed E-state index contributed by atoms with van der Waals surface area (Å²) in [5, 5.41) is 40.2. The van der Waals surface area contributed by atoms with Crippen molar-refractivity contribution in [3.05, 3.63) is 29.8 Å². The van der Waals surface area contributed by atoms with E-state index in [1.807, 2.05) is 6.07 Å². The van der Waals surface area contributed by atoms with Crippen LogP contribution in [0.3, 0.4) is 0 Å². The first-order valence-corrected chi connectivity index (χ1v) is 11.0. The Morgan fingerprint density at radius 1 is 1.22 bits per heavy atom. The highest BCUT2D eigenvalue weighted by Gasteiger charge is 2.29. The van der Waals surface area contributed by atoms with Crippen LogP contribution in [0.1, 0.15) is 24.8 Å². The van der Waals surface area contributed by atoms with E-state index in [-0.39, 0.29) is 0 Å². The maximum Gasteiger partial charge on any atom is 0.335 e. The first-order valence-electron chi connectivity index (χ1n) is 10.6. The predicted molar refractivity (Wildman–Crippen MR) is 121 cm³/mol. The maximum absolute atomic E-state index is 9.77. The van der Waals surface area contributed by atoms with Crippen molar-refractivity contribution in [2.75, 3.05) is 32.7 Å². The van der Waals surface area contributed by atoms with Crippen LogP contribution in [0.15, 0.2) is 24.3 Å². The molecule has 0 bridgehead atoms. The Bertz CT molecular complexity index is 762. The number of aryl methyl sites for hydroxylation is 1. The van der Waals surface area contributed by atoms with Gasteiger partial charge in [0.2, 0.25) is 0 Å². The number of fused-ring (bicyclic) bond motifs is 1. The average molecular weight is 470 g/mol. The van der Waals surface area contributed by atoms with Gasteiger partial charge >= 0.3 is 11.9 Å². The van der Waals surface area contributed by atoms with Gasteiger partial charge in [-0.15, -0.1) is 0 Å². The van der Waals surface area contributed by atoms with Gasteiger partial charge in [-0.05, 0) is 56.1 Å². The molecule has 0 aliphatic carbocycles. The molecule has 2 aliphatic heterocycles. The number of hydrogen-bond acceptors (Lipinski definition) is 7. The first kappa shape index (κ1) is 25.8. The number of ether oxygens (including phenoxy) is 1. The van der Waals surface area contributed by atoms with E-state index in [0.717, 1.165) is 62.8 Å². The number of carboxylic acids is 2. The van der Waals surface area contributed by atoms with Crippen LogP contribution >= 0.6 is 12.2 Å². The SMILES string of the molecule is O=C(O)C(O)C(O)C(=O)O.S=C1NCCCN1CCCNCC1CCc2ccccc2O1. The zero-order valence-corrected chi connectivity index (χ0v) is 18.6. The number of carbonyl (C=O) groups is 2. The molecule has 1 aromatic carbocycles. The van der Waals surface area contributed by atoms with E-state index in [1.54, 1.807) is 0 Å². The third-order valence-electron chi connectivity index (χ3n) is 5.13. The van der Waals surface area contributed by atoms with Crippen molar-refractivity contribution in [2.24, 2.45) is 0 Å². The summed E-state index contributed by atoms with van der Waals surface area (Å²) < 4.78 is 6.04. The molecule has 10 nitrogen and oxygen atoms in total. The number of benzene rings is 1. The number of aliphatic hydroxyl groups excluding tert-OH is 2. The first-order chi connectivity index (χ1) is 15.3. The van der Waals surface area contributed by atoms with Gasteiger partial charge in [0.1, 0.15) is 11.9 Å². The number of nitrogens with one attached hydrogen (secondary N) is 2. The standard InChI is InChI=1S/C17H25N3OS.C4H6O6/c22-17-19-10-4-12-20(17)11-3-9-18-13-15-8-7-14-5-1-2-6-16(14)21-15;5-1(3(7)8)2(6)4(9)10/h1-2,5-6,15,18H,3-4,7-13H2,(H,19,22);1-2,5-6H,(H,7,8)(H,9,10). The molecule has 11 heteroatoms. The third kappa shape index (κ3) is 8.23. The minimum absolute atomic E-state index is 0.299. The molecule has 1 fully saturated rings. The van der Waals surface area contributed by atoms with Crippen molar-refractivity contribution < 1.29 is 34.8 Å². The molecule has 0 aromatic heterocycles. The minimum Gasteiger partial charge on any atom is -0.489 e. The molecule has 3 atom stereocenters. The highest BCUT2D eigenvalue weighted by Crippen LogP contribution is 2.26. The molecule has 3 unspecified atom stereocenters. The highest BCUT2D eigenvalue weighted by atomic mass is 32.1. The molecule has 2 heterocycles. The van der Waals surface area contributed by atoms with Gasteiger partial charge < -0.3 is 40.7 Å². The van der Waals surface area contributed by atoms with Crippen molar-refractivity contribution in [3.63, 3.8) is 0 Å². The van der Waals surface area contributed by atoms with Crippen LogP contribution in [0.5, 0.6) is 5.75 Å². The summed E-state index contributed by atoms with van der Waals surface area (Å²) in [5.74, 6) is -2.48. The molecule has 3 rings (SSSR count). The van der Waals surface area contributed by atoms with E-state index in [4.69, 9.17) is 37.4 Å². The fourth-order valence-corrected chi connectivity index (χ4v) is 3.63. The van der Waals surface area contributed by atoms with Crippen LogP contribution in [-0.4, -0.2) is 93.4 Å². The smallest absolute Gasteiger partial charge is 0.335 e.